The molecule has 4 heteroatoms. The number of hydrogen-bond donors (Lipinski definition) is 2. The zero-order valence-electron chi connectivity index (χ0n) is 11.4. The molecule has 0 fully saturated rings. The van der Waals surface area contributed by atoms with Crippen LogP contribution in [0.25, 0.3) is 0 Å². The largest absolute Gasteiger partial charge is 0.380 e. The first-order valence-corrected chi connectivity index (χ1v) is 6.37. The third kappa shape index (κ3) is 3.68. The van der Waals surface area contributed by atoms with Gasteiger partial charge in [0.2, 0.25) is 0 Å². The predicted molar refractivity (Wildman–Crippen MR) is 82.1 cm³/mol. The van der Waals surface area contributed by atoms with Crippen LogP contribution < -0.4 is 10.6 Å². The van der Waals surface area contributed by atoms with Crippen LogP contribution in [-0.2, 0) is 0 Å². The van der Waals surface area contributed by atoms with E-state index in [-0.39, 0.29) is 5.91 Å². The number of amides is 1. The molecule has 4 nitrogen and oxygen atoms in total. The minimum absolute atomic E-state index is 0.176. The van der Waals surface area contributed by atoms with Crippen LogP contribution in [0, 0.1) is 6.92 Å². The molecule has 2 N–H and O–H groups in total. The quantitative estimate of drug-likeness (QED) is 0.818. The number of carbonyl (C=O) groups excluding carboxylic acids is 1. The van der Waals surface area contributed by atoms with Gasteiger partial charge in [-0.3, -0.25) is 9.78 Å². The van der Waals surface area contributed by atoms with E-state index >= 15 is 0 Å². The van der Waals surface area contributed by atoms with Crippen molar-refractivity contribution in [2.75, 3.05) is 17.2 Å². The second kappa shape index (κ2) is 6.52. The van der Waals surface area contributed by atoms with Crippen molar-refractivity contribution in [3.63, 3.8) is 0 Å². The molecule has 1 aromatic heterocycles. The summed E-state index contributed by atoms with van der Waals surface area (Å²) in [5.74, 6) is -0.176. The molecule has 0 aliphatic carbocycles. The molecule has 1 heterocycles. The molecule has 0 saturated carbocycles. The minimum atomic E-state index is -0.176. The molecule has 0 atom stereocenters. The third-order valence-corrected chi connectivity index (χ3v) is 2.73. The summed E-state index contributed by atoms with van der Waals surface area (Å²) in [5, 5.41) is 5.96. The number of carbonyl (C=O) groups is 1. The number of hydrogen-bond acceptors (Lipinski definition) is 3. The molecule has 1 aromatic carbocycles. The number of pyridine rings is 1. The second-order valence-corrected chi connectivity index (χ2v) is 4.46. The molecule has 20 heavy (non-hydrogen) atoms. The van der Waals surface area contributed by atoms with Gasteiger partial charge in [-0.05, 0) is 30.7 Å². The smallest absolute Gasteiger partial charge is 0.257 e. The number of anilines is 2. The second-order valence-electron chi connectivity index (χ2n) is 4.46. The fraction of sp³-hybridized carbons (Fsp3) is 0.125. The van der Waals surface area contributed by atoms with Gasteiger partial charge in [0.15, 0.2) is 0 Å². The van der Waals surface area contributed by atoms with E-state index in [9.17, 15) is 4.79 Å². The molecule has 0 saturated heterocycles. The van der Waals surface area contributed by atoms with Crippen molar-refractivity contribution >= 4 is 17.3 Å². The zero-order chi connectivity index (χ0) is 14.4. The Morgan fingerprint density at radius 1 is 1.30 bits per heavy atom. The Morgan fingerprint density at radius 2 is 2.15 bits per heavy atom. The summed E-state index contributed by atoms with van der Waals surface area (Å²) in [6.45, 7) is 6.25. The SMILES string of the molecule is C=CCNc1cncc(C(=O)Nc2cccc(C)c2)c1. The summed E-state index contributed by atoms with van der Waals surface area (Å²) in [6, 6.07) is 9.44. The van der Waals surface area contributed by atoms with E-state index in [4.69, 9.17) is 0 Å². The standard InChI is InChI=1S/C16H17N3O/c1-3-7-18-15-9-13(10-17-11-15)16(20)19-14-6-4-5-12(2)8-14/h3-6,8-11,18H,1,7H2,2H3,(H,19,20). The molecule has 1 amide bonds. The topological polar surface area (TPSA) is 54.0 Å². The van der Waals surface area contributed by atoms with E-state index in [2.05, 4.69) is 22.2 Å². The summed E-state index contributed by atoms with van der Waals surface area (Å²) in [5.41, 5.74) is 3.18. The lowest BCUT2D eigenvalue weighted by Crippen LogP contribution is -2.13. The van der Waals surface area contributed by atoms with Crippen molar-refractivity contribution in [1.29, 1.82) is 0 Å². The Hall–Kier alpha value is -2.62. The third-order valence-electron chi connectivity index (χ3n) is 2.73. The fourth-order valence-corrected chi connectivity index (χ4v) is 1.78. The number of benzene rings is 1. The first kappa shape index (κ1) is 13.8. The van der Waals surface area contributed by atoms with Crippen molar-refractivity contribution in [1.82, 2.24) is 4.98 Å². The Bertz CT molecular complexity index is 623. The molecule has 102 valence electrons. The highest BCUT2D eigenvalue weighted by atomic mass is 16.1. The number of nitrogens with zero attached hydrogens (tertiary/aromatic N) is 1. The van der Waals surface area contributed by atoms with Crippen LogP contribution >= 0.6 is 0 Å². The molecular weight excluding hydrogens is 250 g/mol. The van der Waals surface area contributed by atoms with Gasteiger partial charge >= 0.3 is 0 Å². The lowest BCUT2D eigenvalue weighted by molar-refractivity contribution is 0.102. The van der Waals surface area contributed by atoms with Gasteiger partial charge in [-0.2, -0.15) is 0 Å². The first-order valence-electron chi connectivity index (χ1n) is 6.37. The lowest BCUT2D eigenvalue weighted by Gasteiger charge is -2.08. The van der Waals surface area contributed by atoms with Crippen molar-refractivity contribution in [3.05, 3.63) is 66.5 Å². The van der Waals surface area contributed by atoms with Crippen LogP contribution in [0.1, 0.15) is 15.9 Å². The van der Waals surface area contributed by atoms with Crippen LogP contribution in [0.15, 0.2) is 55.4 Å². The van der Waals surface area contributed by atoms with Crippen molar-refractivity contribution in [3.8, 4) is 0 Å². The maximum atomic E-state index is 12.2. The predicted octanol–water partition coefficient (Wildman–Crippen LogP) is 3.24. The molecule has 0 aliphatic heterocycles. The summed E-state index contributed by atoms with van der Waals surface area (Å²) < 4.78 is 0. The van der Waals surface area contributed by atoms with E-state index in [1.54, 1.807) is 24.5 Å². The van der Waals surface area contributed by atoms with E-state index < -0.39 is 0 Å². The molecule has 2 rings (SSSR count). The highest BCUT2D eigenvalue weighted by Crippen LogP contribution is 2.13. The number of aromatic nitrogens is 1. The van der Waals surface area contributed by atoms with Crippen molar-refractivity contribution < 1.29 is 4.79 Å². The van der Waals surface area contributed by atoms with Crippen LogP contribution in [0.2, 0.25) is 0 Å². The normalized spacial score (nSPS) is 9.85. The van der Waals surface area contributed by atoms with Gasteiger partial charge in [-0.15, -0.1) is 6.58 Å². The maximum Gasteiger partial charge on any atom is 0.257 e. The van der Waals surface area contributed by atoms with Gasteiger partial charge in [-0.25, -0.2) is 0 Å². The van der Waals surface area contributed by atoms with Gasteiger partial charge < -0.3 is 10.6 Å². The van der Waals surface area contributed by atoms with Gasteiger partial charge in [0.05, 0.1) is 11.3 Å². The summed E-state index contributed by atoms with van der Waals surface area (Å²) in [4.78, 5) is 16.2. The van der Waals surface area contributed by atoms with Crippen LogP contribution in [0.5, 0.6) is 0 Å². The fourth-order valence-electron chi connectivity index (χ4n) is 1.78. The molecule has 0 bridgehead atoms. The molecule has 2 aromatic rings. The van der Waals surface area contributed by atoms with Gasteiger partial charge in [0.25, 0.3) is 5.91 Å². The maximum absolute atomic E-state index is 12.2. The van der Waals surface area contributed by atoms with Crippen LogP contribution in [-0.4, -0.2) is 17.4 Å². The Kier molecular flexibility index (Phi) is 4.50. The highest BCUT2D eigenvalue weighted by Gasteiger charge is 2.07. The van der Waals surface area contributed by atoms with E-state index in [1.165, 1.54) is 0 Å². The lowest BCUT2D eigenvalue weighted by atomic mass is 10.2. The molecule has 0 spiro atoms. The number of rotatable bonds is 5. The summed E-state index contributed by atoms with van der Waals surface area (Å²) >= 11 is 0. The Labute approximate surface area is 118 Å². The average molecular weight is 267 g/mol. The summed E-state index contributed by atoms with van der Waals surface area (Å²) in [6.07, 6.45) is 4.97. The number of nitrogens with one attached hydrogen (secondary N) is 2. The van der Waals surface area contributed by atoms with Gasteiger partial charge in [-0.1, -0.05) is 18.2 Å². The van der Waals surface area contributed by atoms with Crippen molar-refractivity contribution in [2.24, 2.45) is 0 Å². The van der Waals surface area contributed by atoms with Crippen LogP contribution in [0.3, 0.4) is 0 Å². The van der Waals surface area contributed by atoms with Crippen molar-refractivity contribution in [2.45, 2.75) is 6.92 Å². The minimum Gasteiger partial charge on any atom is -0.380 e. The van der Waals surface area contributed by atoms with E-state index in [0.29, 0.717) is 12.1 Å². The first-order chi connectivity index (χ1) is 9.69. The summed E-state index contributed by atoms with van der Waals surface area (Å²) in [7, 11) is 0. The number of aryl methyl sites for hydroxylation is 1. The van der Waals surface area contributed by atoms with Gasteiger partial charge in [0.1, 0.15) is 0 Å². The zero-order valence-corrected chi connectivity index (χ0v) is 11.4. The molecule has 0 unspecified atom stereocenters. The Balaban J connectivity index is 2.10. The molecule has 0 aliphatic rings. The van der Waals surface area contributed by atoms with E-state index in [0.717, 1.165) is 16.9 Å². The Morgan fingerprint density at radius 3 is 2.90 bits per heavy atom. The molecular formula is C16H17N3O. The van der Waals surface area contributed by atoms with Gasteiger partial charge in [0, 0.05) is 24.6 Å². The van der Waals surface area contributed by atoms with E-state index in [1.807, 2.05) is 31.2 Å². The van der Waals surface area contributed by atoms with Crippen LogP contribution in [0.4, 0.5) is 11.4 Å². The average Bonchev–Trinajstić information content (AvgIpc) is 2.45. The molecule has 0 radical (unpaired) electrons. The monoisotopic (exact) mass is 267 g/mol. The highest BCUT2D eigenvalue weighted by molar-refractivity contribution is 6.04.